The number of carbonyl (C=O) groups excluding carboxylic acids is 1. The van der Waals surface area contributed by atoms with Gasteiger partial charge < -0.3 is 9.47 Å². The quantitative estimate of drug-likeness (QED) is 0.401. The lowest BCUT2D eigenvalue weighted by Gasteiger charge is -2.09. The molecule has 25 heavy (non-hydrogen) atoms. The van der Waals surface area contributed by atoms with Crippen LogP contribution in [0, 0.1) is 5.82 Å². The molecule has 2 aromatic rings. The minimum Gasteiger partial charge on any atom is -0.496 e. The smallest absolute Gasteiger partial charge is 0.189 e. The van der Waals surface area contributed by atoms with Crippen LogP contribution in [0.2, 0.25) is 0 Å². The first kappa shape index (κ1) is 18.5. The summed E-state index contributed by atoms with van der Waals surface area (Å²) in [5, 5.41) is 0. The van der Waals surface area contributed by atoms with Crippen LogP contribution in [-0.4, -0.2) is 19.5 Å². The normalized spacial score (nSPS) is 10.6. The molecule has 0 heterocycles. The molecule has 0 aliphatic heterocycles. The lowest BCUT2D eigenvalue weighted by Crippen LogP contribution is -2.01. The van der Waals surface area contributed by atoms with Crippen LogP contribution in [0.15, 0.2) is 60.2 Å². The van der Waals surface area contributed by atoms with Crippen LogP contribution >= 0.6 is 0 Å². The van der Waals surface area contributed by atoms with Gasteiger partial charge in [-0.1, -0.05) is 23.8 Å². The third kappa shape index (κ3) is 5.60. The molecule has 0 amide bonds. The van der Waals surface area contributed by atoms with Crippen molar-refractivity contribution in [2.45, 2.75) is 13.8 Å². The Balaban J connectivity index is 2.13. The fraction of sp³-hybridized carbons (Fsp3) is 0.190. The first-order chi connectivity index (χ1) is 12.0. The van der Waals surface area contributed by atoms with Crippen LogP contribution in [0.5, 0.6) is 11.5 Å². The van der Waals surface area contributed by atoms with Gasteiger partial charge in [0, 0.05) is 6.07 Å². The molecule has 4 heteroatoms. The minimum atomic E-state index is -0.311. The highest BCUT2D eigenvalue weighted by molar-refractivity contribution is 6.08. The van der Waals surface area contributed by atoms with Crippen LogP contribution < -0.4 is 9.47 Å². The molecule has 0 bridgehead atoms. The predicted octanol–water partition coefficient (Wildman–Crippen LogP) is 5.08. The fourth-order valence-electron chi connectivity index (χ4n) is 2.11. The number of methoxy groups -OCH3 is 1. The van der Waals surface area contributed by atoms with Crippen molar-refractivity contribution >= 4 is 11.9 Å². The van der Waals surface area contributed by atoms with Crippen molar-refractivity contribution < 1.29 is 18.7 Å². The van der Waals surface area contributed by atoms with Gasteiger partial charge in [-0.25, -0.2) is 4.39 Å². The molecule has 0 saturated carbocycles. The molecule has 0 spiro atoms. The third-order valence-corrected chi connectivity index (χ3v) is 3.48. The maximum absolute atomic E-state index is 12.9. The van der Waals surface area contributed by atoms with Gasteiger partial charge in [-0.15, -0.1) is 0 Å². The third-order valence-electron chi connectivity index (χ3n) is 3.48. The summed E-state index contributed by atoms with van der Waals surface area (Å²) in [6.07, 6.45) is 5.05. The van der Waals surface area contributed by atoms with Gasteiger partial charge in [0.2, 0.25) is 0 Å². The Morgan fingerprint density at radius 1 is 1.12 bits per heavy atom. The lowest BCUT2D eigenvalue weighted by molar-refractivity contribution is 0.104. The molecule has 0 saturated heterocycles. The number of allylic oxidation sites excluding steroid dienone is 2. The van der Waals surface area contributed by atoms with Crippen molar-refractivity contribution in [3.8, 4) is 11.5 Å². The molecule has 0 radical (unpaired) electrons. The van der Waals surface area contributed by atoms with E-state index in [0.29, 0.717) is 23.7 Å². The maximum atomic E-state index is 12.9. The number of ether oxygens (including phenoxy) is 2. The van der Waals surface area contributed by atoms with E-state index in [1.807, 2.05) is 19.9 Å². The zero-order chi connectivity index (χ0) is 18.2. The largest absolute Gasteiger partial charge is 0.496 e. The lowest BCUT2D eigenvalue weighted by atomic mass is 10.1. The summed E-state index contributed by atoms with van der Waals surface area (Å²) in [6.45, 7) is 4.46. The fourth-order valence-corrected chi connectivity index (χ4v) is 2.11. The molecule has 0 unspecified atom stereocenters. The Bertz CT molecular complexity index is 785. The Morgan fingerprint density at radius 2 is 1.84 bits per heavy atom. The van der Waals surface area contributed by atoms with E-state index in [9.17, 15) is 9.18 Å². The summed E-state index contributed by atoms with van der Waals surface area (Å²) in [4.78, 5) is 12.4. The van der Waals surface area contributed by atoms with Crippen molar-refractivity contribution in [3.63, 3.8) is 0 Å². The molecule has 0 fully saturated rings. The van der Waals surface area contributed by atoms with Gasteiger partial charge in [-0.3, -0.25) is 4.79 Å². The number of carbonyl (C=O) groups is 1. The van der Waals surface area contributed by atoms with Crippen LogP contribution in [-0.2, 0) is 0 Å². The predicted molar refractivity (Wildman–Crippen MR) is 97.7 cm³/mol. The summed E-state index contributed by atoms with van der Waals surface area (Å²) in [7, 11) is 1.51. The SMILES string of the molecule is COc1cc(OCC=C(C)C)ccc1C(=O)/C=C/c1ccc(F)cc1. The van der Waals surface area contributed by atoms with Gasteiger partial charge in [0.1, 0.15) is 23.9 Å². The zero-order valence-electron chi connectivity index (χ0n) is 14.6. The summed E-state index contributed by atoms with van der Waals surface area (Å²) in [5.74, 6) is 0.572. The molecule has 130 valence electrons. The average molecular weight is 340 g/mol. The van der Waals surface area contributed by atoms with E-state index in [1.165, 1.54) is 30.9 Å². The standard InChI is InChI=1S/C21H21FO3/c1-15(2)12-13-25-18-9-10-19(21(14-18)24-3)20(23)11-6-16-4-7-17(22)8-5-16/h4-12,14H,13H2,1-3H3/b11-6+. The summed E-state index contributed by atoms with van der Waals surface area (Å²) < 4.78 is 23.8. The topological polar surface area (TPSA) is 35.5 Å². The molecule has 0 N–H and O–H groups in total. The van der Waals surface area contributed by atoms with Gasteiger partial charge in [0.15, 0.2) is 5.78 Å². The van der Waals surface area contributed by atoms with E-state index in [-0.39, 0.29) is 11.6 Å². The van der Waals surface area contributed by atoms with E-state index in [4.69, 9.17) is 9.47 Å². The number of halogens is 1. The van der Waals surface area contributed by atoms with E-state index >= 15 is 0 Å². The van der Waals surface area contributed by atoms with Crippen molar-refractivity contribution in [2.75, 3.05) is 13.7 Å². The van der Waals surface area contributed by atoms with Crippen molar-refractivity contribution in [1.82, 2.24) is 0 Å². The number of hydrogen-bond acceptors (Lipinski definition) is 3. The van der Waals surface area contributed by atoms with E-state index in [2.05, 4.69) is 0 Å². The Morgan fingerprint density at radius 3 is 2.48 bits per heavy atom. The Kier molecular flexibility index (Phi) is 6.52. The number of hydrogen-bond donors (Lipinski definition) is 0. The van der Waals surface area contributed by atoms with Gasteiger partial charge in [-0.05, 0) is 55.8 Å². The first-order valence-corrected chi connectivity index (χ1v) is 7.92. The van der Waals surface area contributed by atoms with Gasteiger partial charge in [0.25, 0.3) is 0 Å². The van der Waals surface area contributed by atoms with Crippen LogP contribution in [0.3, 0.4) is 0 Å². The molecular weight excluding hydrogens is 319 g/mol. The zero-order valence-corrected chi connectivity index (χ0v) is 14.6. The van der Waals surface area contributed by atoms with Crippen molar-refractivity contribution in [1.29, 1.82) is 0 Å². The first-order valence-electron chi connectivity index (χ1n) is 7.92. The second-order valence-corrected chi connectivity index (χ2v) is 5.70. The highest BCUT2D eigenvalue weighted by Gasteiger charge is 2.11. The average Bonchev–Trinajstić information content (AvgIpc) is 2.60. The number of benzene rings is 2. The van der Waals surface area contributed by atoms with E-state index in [0.717, 1.165) is 5.56 Å². The number of rotatable bonds is 7. The Hall–Kier alpha value is -2.88. The summed E-state index contributed by atoms with van der Waals surface area (Å²) >= 11 is 0. The highest BCUT2D eigenvalue weighted by Crippen LogP contribution is 2.25. The molecule has 2 rings (SSSR count). The number of ketones is 1. The van der Waals surface area contributed by atoms with Gasteiger partial charge in [0.05, 0.1) is 12.7 Å². The van der Waals surface area contributed by atoms with Crippen molar-refractivity contribution in [2.24, 2.45) is 0 Å². The second-order valence-electron chi connectivity index (χ2n) is 5.70. The highest BCUT2D eigenvalue weighted by atomic mass is 19.1. The molecule has 0 aromatic heterocycles. The summed E-state index contributed by atoms with van der Waals surface area (Å²) in [6, 6.07) is 11.0. The maximum Gasteiger partial charge on any atom is 0.189 e. The van der Waals surface area contributed by atoms with Crippen LogP contribution in [0.1, 0.15) is 29.8 Å². The van der Waals surface area contributed by atoms with E-state index < -0.39 is 0 Å². The van der Waals surface area contributed by atoms with Gasteiger partial charge >= 0.3 is 0 Å². The molecule has 0 aliphatic rings. The molecule has 2 aromatic carbocycles. The molecule has 3 nitrogen and oxygen atoms in total. The van der Waals surface area contributed by atoms with Crippen LogP contribution in [0.25, 0.3) is 6.08 Å². The minimum absolute atomic E-state index is 0.197. The van der Waals surface area contributed by atoms with Crippen molar-refractivity contribution in [3.05, 3.63) is 77.1 Å². The van der Waals surface area contributed by atoms with Crippen LogP contribution in [0.4, 0.5) is 4.39 Å². The monoisotopic (exact) mass is 340 g/mol. The second kappa shape index (κ2) is 8.83. The molecule has 0 atom stereocenters. The van der Waals surface area contributed by atoms with Gasteiger partial charge in [-0.2, -0.15) is 0 Å². The molecular formula is C21H21FO3. The Labute approximate surface area is 147 Å². The summed E-state index contributed by atoms with van der Waals surface area (Å²) in [5.41, 5.74) is 2.36. The van der Waals surface area contributed by atoms with E-state index in [1.54, 1.807) is 36.4 Å². The molecule has 0 aliphatic carbocycles.